The molecular weight excluding hydrogens is 863 g/mol. The van der Waals surface area contributed by atoms with Crippen LogP contribution in [0.5, 0.6) is 23.0 Å². The maximum atomic E-state index is 6.75. The van der Waals surface area contributed by atoms with Crippen molar-refractivity contribution in [1.29, 1.82) is 0 Å². The highest BCUT2D eigenvalue weighted by Gasteiger charge is 2.53. The first-order valence-corrected chi connectivity index (χ1v) is 24.5. The Bertz CT molecular complexity index is 3890. The van der Waals surface area contributed by atoms with Gasteiger partial charge in [0.1, 0.15) is 23.0 Å². The van der Waals surface area contributed by atoms with Crippen LogP contribution >= 0.6 is 0 Å². The van der Waals surface area contributed by atoms with Crippen molar-refractivity contribution < 1.29 is 9.47 Å². The molecule has 0 atom stereocenters. The fourth-order valence-corrected chi connectivity index (χ4v) is 12.8. The third-order valence-corrected chi connectivity index (χ3v) is 15.6. The van der Waals surface area contributed by atoms with E-state index in [1.807, 2.05) is 0 Å². The number of para-hydroxylation sites is 5. The first-order chi connectivity index (χ1) is 35.2. The molecule has 2 heterocycles. The maximum Gasteiger partial charge on any atom is 0.132 e. The normalized spacial score (nSPS) is 14.1. The minimum atomic E-state index is -0.621. The first-order valence-electron chi connectivity index (χ1n) is 24.5. The van der Waals surface area contributed by atoms with E-state index in [2.05, 4.69) is 266 Å². The molecule has 11 aromatic carbocycles. The lowest BCUT2D eigenvalue weighted by molar-refractivity contribution is 0.436. The molecule has 2 spiro atoms. The van der Waals surface area contributed by atoms with Crippen molar-refractivity contribution in [2.45, 2.75) is 10.8 Å². The van der Waals surface area contributed by atoms with Gasteiger partial charge in [-0.05, 0) is 122 Å². The highest BCUT2D eigenvalue weighted by atomic mass is 16.5. The standard InChI is InChI=1S/C68H43NO2/c1-2-19-44(20-3-1)45-21-18-22-47(41-45)69(48-38-40-53-51-25-5-8-27-55(51)68(61(53)43-48)58-30-11-16-35-65(58)71-66-36-17-12-31-59(66)68)62-32-13-6-23-49(62)46-37-39-52-50-24-4-7-26-54(50)67(60(52)42-46)56-28-9-14-33-63(56)70-64-34-15-10-29-57(64)67/h1-43H. The van der Waals surface area contributed by atoms with Crippen molar-refractivity contribution in [3.8, 4) is 67.5 Å². The van der Waals surface area contributed by atoms with E-state index in [4.69, 9.17) is 9.47 Å². The van der Waals surface area contributed by atoms with Crippen LogP contribution in [0.4, 0.5) is 17.1 Å². The van der Waals surface area contributed by atoms with Crippen molar-refractivity contribution in [3.63, 3.8) is 0 Å². The number of hydrogen-bond acceptors (Lipinski definition) is 3. The van der Waals surface area contributed by atoms with Crippen LogP contribution in [0.1, 0.15) is 44.5 Å². The number of benzene rings is 11. The van der Waals surface area contributed by atoms with Gasteiger partial charge in [-0.2, -0.15) is 0 Å². The zero-order valence-electron chi connectivity index (χ0n) is 38.6. The zero-order chi connectivity index (χ0) is 46.7. The Morgan fingerprint density at radius 2 is 0.648 bits per heavy atom. The third kappa shape index (κ3) is 5.49. The van der Waals surface area contributed by atoms with Gasteiger partial charge in [0, 0.05) is 39.2 Å². The summed E-state index contributed by atoms with van der Waals surface area (Å²) >= 11 is 0. The summed E-state index contributed by atoms with van der Waals surface area (Å²) in [4.78, 5) is 2.48. The molecule has 2 aliphatic heterocycles. The van der Waals surface area contributed by atoms with Crippen LogP contribution in [-0.2, 0) is 10.8 Å². The molecule has 2 aliphatic carbocycles. The van der Waals surface area contributed by atoms with Crippen molar-refractivity contribution in [2.24, 2.45) is 0 Å². The molecule has 0 radical (unpaired) electrons. The van der Waals surface area contributed by atoms with Crippen molar-refractivity contribution in [3.05, 3.63) is 305 Å². The molecule has 0 aromatic heterocycles. The quantitative estimate of drug-likeness (QED) is 0.172. The number of nitrogens with zero attached hydrogens (tertiary/aromatic N) is 1. The summed E-state index contributed by atoms with van der Waals surface area (Å²) in [5, 5.41) is 0. The van der Waals surface area contributed by atoms with Gasteiger partial charge in [-0.25, -0.2) is 0 Å². The molecule has 0 saturated heterocycles. The molecule has 3 nitrogen and oxygen atoms in total. The van der Waals surface area contributed by atoms with Gasteiger partial charge in [0.2, 0.25) is 0 Å². The monoisotopic (exact) mass is 905 g/mol. The van der Waals surface area contributed by atoms with Gasteiger partial charge >= 0.3 is 0 Å². The molecule has 4 aliphatic rings. The molecular formula is C68H43NO2. The summed E-state index contributed by atoms with van der Waals surface area (Å²) in [6.07, 6.45) is 0. The van der Waals surface area contributed by atoms with Gasteiger partial charge in [0.05, 0.1) is 16.5 Å². The fourth-order valence-electron chi connectivity index (χ4n) is 12.8. The topological polar surface area (TPSA) is 21.7 Å². The largest absolute Gasteiger partial charge is 0.457 e. The lowest BCUT2D eigenvalue weighted by atomic mass is 9.66. The summed E-state index contributed by atoms with van der Waals surface area (Å²) in [7, 11) is 0. The summed E-state index contributed by atoms with van der Waals surface area (Å²) in [6, 6.07) is 95.2. The lowest BCUT2D eigenvalue weighted by Gasteiger charge is -2.40. The van der Waals surface area contributed by atoms with Crippen LogP contribution in [0.2, 0.25) is 0 Å². The van der Waals surface area contributed by atoms with Crippen molar-refractivity contribution in [1.82, 2.24) is 0 Å². The van der Waals surface area contributed by atoms with Gasteiger partial charge in [-0.1, -0.05) is 200 Å². The average molecular weight is 906 g/mol. The van der Waals surface area contributed by atoms with E-state index in [0.29, 0.717) is 0 Å². The molecule has 332 valence electrons. The van der Waals surface area contributed by atoms with E-state index in [9.17, 15) is 0 Å². The van der Waals surface area contributed by atoms with E-state index in [1.165, 1.54) is 50.1 Å². The van der Waals surface area contributed by atoms with Gasteiger partial charge in [0.25, 0.3) is 0 Å². The van der Waals surface area contributed by atoms with Crippen LogP contribution in [0, 0.1) is 0 Å². The van der Waals surface area contributed by atoms with Crippen LogP contribution in [0.3, 0.4) is 0 Å². The first kappa shape index (κ1) is 39.8. The predicted octanol–water partition coefficient (Wildman–Crippen LogP) is 17.4. The highest BCUT2D eigenvalue weighted by Crippen LogP contribution is 2.64. The van der Waals surface area contributed by atoms with Crippen LogP contribution in [0.15, 0.2) is 261 Å². The Labute approximate surface area is 413 Å². The molecule has 0 unspecified atom stereocenters. The van der Waals surface area contributed by atoms with E-state index in [0.717, 1.165) is 79.0 Å². The van der Waals surface area contributed by atoms with Gasteiger partial charge in [0.15, 0.2) is 0 Å². The van der Waals surface area contributed by atoms with Gasteiger partial charge in [-0.15, -0.1) is 0 Å². The average Bonchev–Trinajstić information content (AvgIpc) is 3.89. The number of ether oxygens (including phenoxy) is 2. The zero-order valence-corrected chi connectivity index (χ0v) is 38.6. The Hall–Kier alpha value is -9.18. The van der Waals surface area contributed by atoms with E-state index >= 15 is 0 Å². The number of hydrogen-bond donors (Lipinski definition) is 0. The summed E-state index contributed by atoms with van der Waals surface area (Å²) in [5.41, 5.74) is 21.1. The summed E-state index contributed by atoms with van der Waals surface area (Å²) in [6.45, 7) is 0. The third-order valence-electron chi connectivity index (χ3n) is 15.6. The molecule has 3 heteroatoms. The maximum absolute atomic E-state index is 6.75. The Kier molecular flexibility index (Phi) is 8.49. The highest BCUT2D eigenvalue weighted by molar-refractivity contribution is 5.96. The molecule has 0 amide bonds. The predicted molar refractivity (Wildman–Crippen MR) is 287 cm³/mol. The second-order valence-electron chi connectivity index (χ2n) is 19.0. The van der Waals surface area contributed by atoms with Crippen molar-refractivity contribution >= 4 is 17.1 Å². The smallest absolute Gasteiger partial charge is 0.132 e. The number of rotatable bonds is 5. The SMILES string of the molecule is c1ccc(-c2cccc(N(c3ccc4c(c3)C3(c5ccccc5Oc5ccccc53)c3ccccc3-4)c3ccccc3-c3ccc4c(c3)C3(c5ccccc5Oc5ccccc53)c3ccccc3-4)c2)cc1. The van der Waals surface area contributed by atoms with E-state index < -0.39 is 10.8 Å². The summed E-state index contributed by atoms with van der Waals surface area (Å²) < 4.78 is 13.5. The second-order valence-corrected chi connectivity index (χ2v) is 19.0. The number of anilines is 3. The van der Waals surface area contributed by atoms with Crippen LogP contribution in [-0.4, -0.2) is 0 Å². The van der Waals surface area contributed by atoms with E-state index in [-0.39, 0.29) is 0 Å². The Morgan fingerprint density at radius 3 is 1.21 bits per heavy atom. The molecule has 11 aromatic rings. The fraction of sp³-hybridized carbons (Fsp3) is 0.0294. The second kappa shape index (κ2) is 15.2. The molecule has 71 heavy (non-hydrogen) atoms. The Morgan fingerprint density at radius 1 is 0.239 bits per heavy atom. The lowest BCUT2D eigenvalue weighted by Crippen LogP contribution is -2.32. The molecule has 0 N–H and O–H groups in total. The van der Waals surface area contributed by atoms with E-state index in [1.54, 1.807) is 0 Å². The molecule has 0 saturated carbocycles. The Balaban J connectivity index is 0.985. The minimum Gasteiger partial charge on any atom is -0.457 e. The minimum absolute atomic E-state index is 0.592. The van der Waals surface area contributed by atoms with Crippen molar-refractivity contribution in [2.75, 3.05) is 4.90 Å². The molecule has 15 rings (SSSR count). The molecule has 0 bridgehead atoms. The summed E-state index contributed by atoms with van der Waals surface area (Å²) in [5.74, 6) is 3.53. The molecule has 0 fully saturated rings. The van der Waals surface area contributed by atoms with Gasteiger partial charge < -0.3 is 14.4 Å². The number of fused-ring (bicyclic) bond motifs is 18. The van der Waals surface area contributed by atoms with Crippen LogP contribution < -0.4 is 14.4 Å². The van der Waals surface area contributed by atoms with Crippen LogP contribution in [0.25, 0.3) is 44.5 Å². The van der Waals surface area contributed by atoms with Gasteiger partial charge in [-0.3, -0.25) is 0 Å².